The number of anilines is 1. The van der Waals surface area contributed by atoms with Crippen LogP contribution in [0.2, 0.25) is 10.0 Å². The molecule has 2 atom stereocenters. The number of methoxy groups -OCH3 is 4. The molecule has 10 nitrogen and oxygen atoms in total. The Labute approximate surface area is 319 Å². The highest BCUT2D eigenvalue weighted by Gasteiger charge is 2.35. The van der Waals surface area contributed by atoms with Crippen LogP contribution in [0.15, 0.2) is 71.4 Å². The second-order valence-corrected chi connectivity index (χ2v) is 14.2. The molecule has 5 aromatic rings. The number of amides is 1. The predicted octanol–water partition coefficient (Wildman–Crippen LogP) is 9.10. The van der Waals surface area contributed by atoms with Crippen molar-refractivity contribution in [1.82, 2.24) is 14.9 Å². The van der Waals surface area contributed by atoms with Crippen LogP contribution in [0.1, 0.15) is 60.0 Å². The van der Waals surface area contributed by atoms with Crippen molar-refractivity contribution in [2.45, 2.75) is 51.7 Å². The predicted molar refractivity (Wildman–Crippen MR) is 206 cm³/mol. The SMILES string of the molecule is COc1ccc(CN(Cc2ccc(OC)cc2OC)c2nc3cncc(C4=CCC[C@@H](C(=O)N5CCc6cc(Cl)cc(Cl)c6[C@@H]5C)C4)c3o2)c(OC)c1. The zero-order valence-electron chi connectivity index (χ0n) is 30.4. The number of hydrogen-bond acceptors (Lipinski definition) is 9. The van der Waals surface area contributed by atoms with E-state index in [-0.39, 0.29) is 17.9 Å². The van der Waals surface area contributed by atoms with Crippen molar-refractivity contribution in [3.63, 3.8) is 0 Å². The first-order valence-corrected chi connectivity index (χ1v) is 18.4. The lowest BCUT2D eigenvalue weighted by Crippen LogP contribution is -2.42. The van der Waals surface area contributed by atoms with Crippen molar-refractivity contribution in [1.29, 1.82) is 0 Å². The van der Waals surface area contributed by atoms with Gasteiger partial charge in [0.15, 0.2) is 5.58 Å². The highest BCUT2D eigenvalue weighted by Crippen LogP contribution is 2.41. The van der Waals surface area contributed by atoms with Gasteiger partial charge in [0.05, 0.1) is 53.8 Å². The molecule has 1 aliphatic carbocycles. The first-order valence-electron chi connectivity index (χ1n) is 17.6. The molecule has 0 unspecified atom stereocenters. The fourth-order valence-corrected chi connectivity index (χ4v) is 8.25. The number of halogens is 2. The molecule has 53 heavy (non-hydrogen) atoms. The third-order valence-electron chi connectivity index (χ3n) is 10.3. The Morgan fingerprint density at radius 1 is 0.925 bits per heavy atom. The summed E-state index contributed by atoms with van der Waals surface area (Å²) in [7, 11) is 6.53. The van der Waals surface area contributed by atoms with Gasteiger partial charge in [0.1, 0.15) is 28.5 Å². The summed E-state index contributed by atoms with van der Waals surface area (Å²) < 4.78 is 29.1. The molecular formula is C41H42Cl2N4O6. The number of carbonyl (C=O) groups excluding carboxylic acids is 1. The van der Waals surface area contributed by atoms with Crippen LogP contribution >= 0.6 is 23.2 Å². The van der Waals surface area contributed by atoms with Crippen LogP contribution in [0, 0.1) is 5.92 Å². The highest BCUT2D eigenvalue weighted by molar-refractivity contribution is 6.35. The van der Waals surface area contributed by atoms with Crippen LogP contribution < -0.4 is 23.8 Å². The zero-order valence-corrected chi connectivity index (χ0v) is 32.0. The van der Waals surface area contributed by atoms with Gasteiger partial charge in [-0.05, 0) is 85.7 Å². The first-order chi connectivity index (χ1) is 25.7. The third-order valence-corrected chi connectivity index (χ3v) is 10.8. The monoisotopic (exact) mass is 756 g/mol. The summed E-state index contributed by atoms with van der Waals surface area (Å²) in [5, 5.41) is 1.22. The molecule has 3 heterocycles. The van der Waals surface area contributed by atoms with E-state index in [0.717, 1.165) is 46.2 Å². The largest absolute Gasteiger partial charge is 0.497 e. The fraction of sp³-hybridized carbons (Fsp3) is 0.341. The number of hydrogen-bond donors (Lipinski definition) is 0. The zero-order chi connectivity index (χ0) is 37.2. The van der Waals surface area contributed by atoms with Crippen molar-refractivity contribution < 1.29 is 28.2 Å². The molecule has 2 aromatic heterocycles. The summed E-state index contributed by atoms with van der Waals surface area (Å²) in [4.78, 5) is 27.7. The Morgan fingerprint density at radius 3 is 2.25 bits per heavy atom. The molecule has 7 rings (SSSR count). The summed E-state index contributed by atoms with van der Waals surface area (Å²) in [6.45, 7) is 3.48. The molecule has 3 aromatic carbocycles. The smallest absolute Gasteiger partial charge is 0.299 e. The Kier molecular flexibility index (Phi) is 10.7. The van der Waals surface area contributed by atoms with Gasteiger partial charge in [-0.3, -0.25) is 9.78 Å². The van der Waals surface area contributed by atoms with E-state index in [9.17, 15) is 4.79 Å². The van der Waals surface area contributed by atoms with Crippen molar-refractivity contribution in [2.75, 3.05) is 39.9 Å². The van der Waals surface area contributed by atoms with Crippen LogP contribution in [0.4, 0.5) is 6.01 Å². The molecule has 0 bridgehead atoms. The molecule has 1 aliphatic heterocycles. The Bertz CT molecular complexity index is 2130. The molecule has 0 N–H and O–H groups in total. The van der Waals surface area contributed by atoms with E-state index >= 15 is 0 Å². The molecule has 0 saturated heterocycles. The number of ether oxygens (including phenoxy) is 4. The number of carbonyl (C=O) groups is 1. The average Bonchev–Trinajstić information content (AvgIpc) is 3.62. The Balaban J connectivity index is 1.19. The lowest BCUT2D eigenvalue weighted by Gasteiger charge is -2.38. The van der Waals surface area contributed by atoms with E-state index in [1.54, 1.807) is 40.7 Å². The normalized spacial score (nSPS) is 16.9. The number of fused-ring (bicyclic) bond motifs is 2. The molecule has 0 spiro atoms. The lowest BCUT2D eigenvalue weighted by atomic mass is 9.83. The summed E-state index contributed by atoms with van der Waals surface area (Å²) >= 11 is 12.9. The van der Waals surface area contributed by atoms with Gasteiger partial charge < -0.3 is 33.2 Å². The second kappa shape index (κ2) is 15.6. The number of aromatic nitrogens is 2. The van der Waals surface area contributed by atoms with E-state index in [0.29, 0.717) is 82.6 Å². The summed E-state index contributed by atoms with van der Waals surface area (Å²) in [6, 6.07) is 15.4. The molecule has 1 amide bonds. The van der Waals surface area contributed by atoms with Gasteiger partial charge in [0, 0.05) is 57.5 Å². The molecule has 12 heteroatoms. The minimum absolute atomic E-state index is 0.131. The Hall–Kier alpha value is -4.93. The van der Waals surface area contributed by atoms with Crippen LogP contribution in [-0.2, 0) is 24.3 Å². The second-order valence-electron chi connectivity index (χ2n) is 13.4. The van der Waals surface area contributed by atoms with Crippen LogP contribution in [0.5, 0.6) is 23.0 Å². The third kappa shape index (κ3) is 7.35. The number of pyridine rings is 1. The van der Waals surface area contributed by atoms with E-state index in [1.807, 2.05) is 65.4 Å². The van der Waals surface area contributed by atoms with E-state index in [1.165, 1.54) is 0 Å². The van der Waals surface area contributed by atoms with Gasteiger partial charge in [-0.1, -0.05) is 29.3 Å². The van der Waals surface area contributed by atoms with Crippen molar-refractivity contribution in [3.05, 3.63) is 105 Å². The lowest BCUT2D eigenvalue weighted by molar-refractivity contribution is -0.138. The quantitative estimate of drug-likeness (QED) is 0.131. The summed E-state index contributed by atoms with van der Waals surface area (Å²) in [6.07, 6.45) is 8.52. The topological polar surface area (TPSA) is 99.4 Å². The van der Waals surface area contributed by atoms with Crippen molar-refractivity contribution in [3.8, 4) is 23.0 Å². The maximum atomic E-state index is 14.2. The van der Waals surface area contributed by atoms with E-state index < -0.39 is 0 Å². The number of oxazole rings is 1. The van der Waals surface area contributed by atoms with Gasteiger partial charge in [-0.25, -0.2) is 0 Å². The fourth-order valence-electron chi connectivity index (χ4n) is 7.55. The maximum absolute atomic E-state index is 14.2. The maximum Gasteiger partial charge on any atom is 0.299 e. The van der Waals surface area contributed by atoms with E-state index in [4.69, 9.17) is 51.6 Å². The van der Waals surface area contributed by atoms with Crippen molar-refractivity contribution in [2.24, 2.45) is 5.92 Å². The minimum atomic E-state index is -0.190. The van der Waals surface area contributed by atoms with Gasteiger partial charge >= 0.3 is 0 Å². The van der Waals surface area contributed by atoms with Crippen LogP contribution in [0.3, 0.4) is 0 Å². The average molecular weight is 758 g/mol. The molecule has 0 radical (unpaired) electrons. The standard InChI is InChI=1S/C41H42Cl2N4O6/c1-24-38-26(16-30(42)17-34(38)43)13-14-47(24)40(48)27-8-6-7-25(15-27)33-20-44-21-35-39(33)53-41(45-35)46(22-28-9-11-31(49-2)18-36(28)51-4)23-29-10-12-32(50-3)19-37(29)52-5/h7,9-12,16-21,24,27H,6,8,13-15,22-23H2,1-5H3/t24-,27+/m0/s1. The summed E-state index contributed by atoms with van der Waals surface area (Å²) in [5.41, 5.74) is 7.00. The van der Waals surface area contributed by atoms with Crippen LogP contribution in [-0.4, -0.2) is 55.8 Å². The van der Waals surface area contributed by atoms with E-state index in [2.05, 4.69) is 11.1 Å². The molecule has 0 saturated carbocycles. The van der Waals surface area contributed by atoms with Crippen molar-refractivity contribution >= 4 is 51.8 Å². The highest BCUT2D eigenvalue weighted by atomic mass is 35.5. The first kappa shape index (κ1) is 36.4. The number of benzene rings is 3. The van der Waals surface area contributed by atoms with Gasteiger partial charge in [-0.2, -0.15) is 4.98 Å². The minimum Gasteiger partial charge on any atom is -0.497 e. The van der Waals surface area contributed by atoms with Gasteiger partial charge in [0.2, 0.25) is 5.91 Å². The number of allylic oxidation sites excluding steroid dienone is 2. The van der Waals surface area contributed by atoms with Gasteiger partial charge in [0.25, 0.3) is 6.01 Å². The number of rotatable bonds is 11. The molecule has 276 valence electrons. The Morgan fingerprint density at radius 2 is 1.60 bits per heavy atom. The molecular weight excluding hydrogens is 715 g/mol. The number of nitrogens with zero attached hydrogens (tertiary/aromatic N) is 4. The molecule has 0 fully saturated rings. The van der Waals surface area contributed by atoms with Gasteiger partial charge in [-0.15, -0.1) is 0 Å². The summed E-state index contributed by atoms with van der Waals surface area (Å²) in [5.74, 6) is 2.68. The van der Waals surface area contributed by atoms with Crippen LogP contribution in [0.25, 0.3) is 16.7 Å². The molecule has 2 aliphatic rings.